The minimum absolute atomic E-state index is 0.0343. The van der Waals surface area contributed by atoms with Crippen LogP contribution in [-0.4, -0.2) is 45.8 Å². The Morgan fingerprint density at radius 2 is 1.21 bits per heavy atom. The second-order valence-electron chi connectivity index (χ2n) is 10.7. The third kappa shape index (κ3) is 9.58. The van der Waals surface area contributed by atoms with Crippen LogP contribution in [0.3, 0.4) is 0 Å². The molecule has 0 saturated heterocycles. The SMILES string of the molecule is COc1ccc(C(NS(=O)(=O)c2ccc(OC)cc2)C(=C=C(C)C(=O)OC(C)(C)C)C(=O)OC(C)(C)C)cc1. The van der Waals surface area contributed by atoms with Gasteiger partial charge in [0.1, 0.15) is 28.3 Å². The van der Waals surface area contributed by atoms with E-state index in [2.05, 4.69) is 10.5 Å². The van der Waals surface area contributed by atoms with Gasteiger partial charge in [-0.3, -0.25) is 0 Å². The molecule has 1 N–H and O–H groups in total. The maximum Gasteiger partial charge on any atom is 0.344 e. The lowest BCUT2D eigenvalue weighted by Crippen LogP contribution is -2.34. The monoisotopic (exact) mass is 559 g/mol. The van der Waals surface area contributed by atoms with Crippen LogP contribution in [-0.2, 0) is 29.1 Å². The third-order valence-corrected chi connectivity index (χ3v) is 6.47. The molecule has 2 rings (SSSR count). The molecule has 0 amide bonds. The van der Waals surface area contributed by atoms with Gasteiger partial charge >= 0.3 is 11.9 Å². The van der Waals surface area contributed by atoms with E-state index in [9.17, 15) is 18.0 Å². The van der Waals surface area contributed by atoms with Crippen LogP contribution in [0.5, 0.6) is 11.5 Å². The van der Waals surface area contributed by atoms with Crippen molar-refractivity contribution < 1.29 is 37.0 Å². The van der Waals surface area contributed by atoms with Crippen molar-refractivity contribution in [1.82, 2.24) is 4.72 Å². The number of benzene rings is 2. The number of hydrogen-bond acceptors (Lipinski definition) is 8. The van der Waals surface area contributed by atoms with E-state index in [0.29, 0.717) is 17.1 Å². The molecule has 0 saturated carbocycles. The normalized spacial score (nSPS) is 12.5. The van der Waals surface area contributed by atoms with E-state index in [1.807, 2.05) is 0 Å². The van der Waals surface area contributed by atoms with Gasteiger partial charge in [0.15, 0.2) is 0 Å². The van der Waals surface area contributed by atoms with Crippen LogP contribution in [0.1, 0.15) is 60.1 Å². The molecule has 212 valence electrons. The van der Waals surface area contributed by atoms with Crippen molar-refractivity contribution in [3.63, 3.8) is 0 Å². The van der Waals surface area contributed by atoms with Crippen molar-refractivity contribution in [2.75, 3.05) is 14.2 Å². The summed E-state index contributed by atoms with van der Waals surface area (Å²) >= 11 is 0. The highest BCUT2D eigenvalue weighted by molar-refractivity contribution is 7.89. The topological polar surface area (TPSA) is 117 Å². The summed E-state index contributed by atoms with van der Waals surface area (Å²) in [5.41, 5.74) is 1.21. The average Bonchev–Trinajstić information content (AvgIpc) is 2.84. The Balaban J connectivity index is 2.77. The van der Waals surface area contributed by atoms with Gasteiger partial charge in [0.25, 0.3) is 0 Å². The molecule has 9 nitrogen and oxygen atoms in total. The summed E-state index contributed by atoms with van der Waals surface area (Å²) in [6.45, 7) is 11.6. The predicted molar refractivity (Wildman–Crippen MR) is 147 cm³/mol. The number of carbonyl (C=O) groups excluding carboxylic acids is 2. The zero-order valence-corrected chi connectivity index (χ0v) is 24.7. The number of ether oxygens (including phenoxy) is 4. The van der Waals surface area contributed by atoms with E-state index in [0.717, 1.165) is 0 Å². The lowest BCUT2D eigenvalue weighted by atomic mass is 9.99. The maximum absolute atomic E-state index is 13.5. The number of nitrogens with one attached hydrogen (secondary N) is 1. The van der Waals surface area contributed by atoms with Crippen LogP contribution < -0.4 is 14.2 Å². The van der Waals surface area contributed by atoms with Crippen LogP contribution in [0.25, 0.3) is 0 Å². The summed E-state index contributed by atoms with van der Waals surface area (Å²) in [5.74, 6) is -0.566. The first kappa shape index (κ1) is 31.6. The highest BCUT2D eigenvalue weighted by Crippen LogP contribution is 2.29. The Morgan fingerprint density at radius 3 is 1.64 bits per heavy atom. The molecule has 0 aliphatic carbocycles. The Labute approximate surface area is 230 Å². The van der Waals surface area contributed by atoms with Crippen LogP contribution in [0, 0.1) is 0 Å². The summed E-state index contributed by atoms with van der Waals surface area (Å²) in [6.07, 6.45) is 0. The molecule has 0 fully saturated rings. The number of hydrogen-bond donors (Lipinski definition) is 1. The fourth-order valence-corrected chi connectivity index (χ4v) is 4.44. The first-order valence-corrected chi connectivity index (χ1v) is 13.7. The molecule has 2 aromatic carbocycles. The van der Waals surface area contributed by atoms with Gasteiger partial charge in [-0.2, -0.15) is 4.72 Å². The smallest absolute Gasteiger partial charge is 0.344 e. The van der Waals surface area contributed by atoms with Gasteiger partial charge in [-0.1, -0.05) is 17.9 Å². The van der Waals surface area contributed by atoms with Crippen molar-refractivity contribution in [1.29, 1.82) is 0 Å². The molecule has 0 aliphatic rings. The summed E-state index contributed by atoms with van der Waals surface area (Å²) in [6, 6.07) is 11.0. The van der Waals surface area contributed by atoms with E-state index in [1.54, 1.807) is 65.8 Å². The molecular weight excluding hydrogens is 522 g/mol. The van der Waals surface area contributed by atoms with E-state index in [-0.39, 0.29) is 16.0 Å². The Bertz CT molecular complexity index is 1340. The van der Waals surface area contributed by atoms with Crippen molar-refractivity contribution >= 4 is 22.0 Å². The zero-order valence-electron chi connectivity index (χ0n) is 23.9. The molecule has 2 aromatic rings. The van der Waals surface area contributed by atoms with Gasteiger partial charge in [0, 0.05) is 0 Å². The summed E-state index contributed by atoms with van der Waals surface area (Å²) in [7, 11) is -1.22. The first-order valence-electron chi connectivity index (χ1n) is 12.2. The number of methoxy groups -OCH3 is 2. The molecule has 1 atom stereocenters. The van der Waals surface area contributed by atoms with Crippen molar-refractivity contribution in [2.45, 2.75) is 70.6 Å². The summed E-state index contributed by atoms with van der Waals surface area (Å²) < 4.78 is 50.9. The number of rotatable bonds is 9. The van der Waals surface area contributed by atoms with E-state index in [4.69, 9.17) is 18.9 Å². The van der Waals surface area contributed by atoms with Crippen LogP contribution in [0.15, 0.2) is 70.3 Å². The van der Waals surface area contributed by atoms with E-state index < -0.39 is 39.2 Å². The van der Waals surface area contributed by atoms with Crippen LogP contribution in [0.4, 0.5) is 0 Å². The molecular formula is C29H37NO8S. The van der Waals surface area contributed by atoms with Crippen molar-refractivity contribution in [3.8, 4) is 11.5 Å². The largest absolute Gasteiger partial charge is 0.497 e. The molecule has 39 heavy (non-hydrogen) atoms. The molecule has 1 unspecified atom stereocenters. The average molecular weight is 560 g/mol. The zero-order chi connectivity index (χ0) is 29.6. The van der Waals surface area contributed by atoms with Gasteiger partial charge in [0.05, 0.1) is 30.7 Å². The highest BCUT2D eigenvalue weighted by atomic mass is 32.2. The van der Waals surface area contributed by atoms with Gasteiger partial charge in [0.2, 0.25) is 10.0 Å². The van der Waals surface area contributed by atoms with E-state index in [1.165, 1.54) is 45.4 Å². The van der Waals surface area contributed by atoms with Crippen LogP contribution >= 0.6 is 0 Å². The Kier molecular flexibility index (Phi) is 10.1. The van der Waals surface area contributed by atoms with Crippen molar-refractivity contribution in [2.24, 2.45) is 0 Å². The Hall–Kier alpha value is -3.59. The lowest BCUT2D eigenvalue weighted by molar-refractivity contribution is -0.150. The third-order valence-electron chi connectivity index (χ3n) is 5.03. The van der Waals surface area contributed by atoms with Gasteiger partial charge in [-0.15, -0.1) is 0 Å². The van der Waals surface area contributed by atoms with E-state index >= 15 is 0 Å². The minimum Gasteiger partial charge on any atom is -0.497 e. The predicted octanol–water partition coefficient (Wildman–Crippen LogP) is 4.88. The van der Waals surface area contributed by atoms with Gasteiger partial charge in [-0.05, 0) is 90.4 Å². The molecule has 0 spiro atoms. The standard InChI is InChI=1S/C29H37NO8S/c1-19(26(31)37-28(2,3)4)18-24(27(32)38-29(5,6)7)25(20-10-12-21(35-8)13-11-20)30-39(33,34)23-16-14-22(36-9)15-17-23/h10-17,25,30H,1-9H3. The summed E-state index contributed by atoms with van der Waals surface area (Å²) in [5, 5.41) is 0. The number of carbonyl (C=O) groups is 2. The molecule has 0 aromatic heterocycles. The second kappa shape index (κ2) is 12.5. The minimum atomic E-state index is -4.19. The molecule has 0 aliphatic heterocycles. The fraction of sp³-hybridized carbons (Fsp3) is 0.414. The molecule has 10 heteroatoms. The van der Waals surface area contributed by atoms with Gasteiger partial charge in [-0.25, -0.2) is 18.0 Å². The van der Waals surface area contributed by atoms with Crippen LogP contribution in [0.2, 0.25) is 0 Å². The fourth-order valence-electron chi connectivity index (χ4n) is 3.25. The second-order valence-corrected chi connectivity index (χ2v) is 12.4. The highest BCUT2D eigenvalue weighted by Gasteiger charge is 2.32. The first-order chi connectivity index (χ1) is 18.0. The quantitative estimate of drug-likeness (QED) is 0.263. The number of sulfonamides is 1. The van der Waals surface area contributed by atoms with Gasteiger partial charge < -0.3 is 18.9 Å². The molecule has 0 bridgehead atoms. The molecule has 0 heterocycles. The molecule has 0 radical (unpaired) electrons. The summed E-state index contributed by atoms with van der Waals surface area (Å²) in [4.78, 5) is 26.2. The van der Waals surface area contributed by atoms with Crippen molar-refractivity contribution in [3.05, 3.63) is 71.0 Å². The maximum atomic E-state index is 13.5. The Morgan fingerprint density at radius 1 is 0.769 bits per heavy atom. The lowest BCUT2D eigenvalue weighted by Gasteiger charge is -2.25. The number of esters is 2.